The molecule has 0 radical (unpaired) electrons. The van der Waals surface area contributed by atoms with Gasteiger partial charge in [-0.25, -0.2) is 22.8 Å². The van der Waals surface area contributed by atoms with Crippen LogP contribution in [-0.4, -0.2) is 44.1 Å². The summed E-state index contributed by atoms with van der Waals surface area (Å²) in [7, 11) is -3.79. The molecule has 0 aromatic carbocycles. The minimum atomic E-state index is -3.79. The van der Waals surface area contributed by atoms with Crippen LogP contribution in [0.5, 0.6) is 5.88 Å². The van der Waals surface area contributed by atoms with Crippen LogP contribution in [0.4, 0.5) is 0 Å². The minimum absolute atomic E-state index is 0.00266. The van der Waals surface area contributed by atoms with Gasteiger partial charge in [-0.2, -0.15) is 9.97 Å². The highest BCUT2D eigenvalue weighted by Gasteiger charge is 2.25. The molecular weight excluding hydrogens is 382 g/mol. The van der Waals surface area contributed by atoms with E-state index in [4.69, 9.17) is 0 Å². The molecule has 146 valence electrons. The van der Waals surface area contributed by atoms with Gasteiger partial charge in [0.15, 0.2) is 11.5 Å². The van der Waals surface area contributed by atoms with E-state index in [0.717, 1.165) is 24.8 Å². The van der Waals surface area contributed by atoms with Crippen molar-refractivity contribution in [3.05, 3.63) is 46.4 Å². The monoisotopic (exact) mass is 401 g/mol. The van der Waals surface area contributed by atoms with Crippen molar-refractivity contribution >= 4 is 20.9 Å². The first-order chi connectivity index (χ1) is 13.3. The molecule has 3 aromatic rings. The lowest BCUT2D eigenvalue weighted by atomic mass is 10.0. The Labute approximate surface area is 160 Å². The predicted octanol–water partition coefficient (Wildman–Crippen LogP) is 1.54. The first kappa shape index (κ1) is 18.4. The van der Waals surface area contributed by atoms with E-state index in [1.165, 1.54) is 9.36 Å². The molecule has 0 fully saturated rings. The highest BCUT2D eigenvalue weighted by atomic mass is 32.2. The van der Waals surface area contributed by atoms with Gasteiger partial charge < -0.3 is 5.11 Å². The smallest absolute Gasteiger partial charge is 0.282 e. The van der Waals surface area contributed by atoms with Crippen molar-refractivity contribution in [3.63, 3.8) is 0 Å². The van der Waals surface area contributed by atoms with Gasteiger partial charge in [-0.3, -0.25) is 4.79 Å². The fourth-order valence-corrected chi connectivity index (χ4v) is 3.78. The number of nitrogens with zero attached hydrogens (tertiary/aromatic N) is 5. The lowest BCUT2D eigenvalue weighted by Crippen LogP contribution is -2.22. The molecule has 1 N–H and O–H groups in total. The molecule has 0 aliphatic carbocycles. The van der Waals surface area contributed by atoms with E-state index in [-0.39, 0.29) is 23.5 Å². The van der Waals surface area contributed by atoms with Gasteiger partial charge >= 0.3 is 0 Å². The molecule has 1 unspecified atom stereocenters. The van der Waals surface area contributed by atoms with Crippen LogP contribution in [-0.2, 0) is 16.4 Å². The molecule has 10 heteroatoms. The van der Waals surface area contributed by atoms with Crippen molar-refractivity contribution in [3.8, 4) is 11.7 Å². The third-order valence-corrected chi connectivity index (χ3v) is 5.61. The van der Waals surface area contributed by atoms with E-state index in [0.29, 0.717) is 5.82 Å². The quantitative estimate of drug-likeness (QED) is 0.485. The highest BCUT2D eigenvalue weighted by molar-refractivity contribution is 7.90. The Bertz CT molecular complexity index is 1270. The molecule has 1 aliphatic rings. The Morgan fingerprint density at radius 2 is 1.96 bits per heavy atom. The minimum Gasteiger partial charge on any atom is -0.493 e. The number of aromatic hydroxyl groups is 1. The summed E-state index contributed by atoms with van der Waals surface area (Å²) in [4.78, 5) is 25.3. The van der Waals surface area contributed by atoms with E-state index in [2.05, 4.69) is 21.9 Å². The third kappa shape index (κ3) is 2.99. The molecule has 4 rings (SSSR count). The topological polar surface area (TPSA) is 120 Å². The summed E-state index contributed by atoms with van der Waals surface area (Å²) in [6.07, 6.45) is 6.55. The molecular formula is C18H19N5O4S. The van der Waals surface area contributed by atoms with E-state index in [1.807, 2.05) is 24.3 Å². The van der Waals surface area contributed by atoms with Crippen LogP contribution >= 0.6 is 0 Å². The van der Waals surface area contributed by atoms with Crippen molar-refractivity contribution in [1.29, 1.82) is 0 Å². The van der Waals surface area contributed by atoms with Gasteiger partial charge in [0.25, 0.3) is 10.7 Å². The van der Waals surface area contributed by atoms with E-state index in [9.17, 15) is 18.3 Å². The predicted molar refractivity (Wildman–Crippen MR) is 102 cm³/mol. The van der Waals surface area contributed by atoms with Crippen LogP contribution in [0, 0.1) is 0 Å². The van der Waals surface area contributed by atoms with Gasteiger partial charge in [-0.15, -0.1) is 0 Å². The lowest BCUT2D eigenvalue weighted by molar-refractivity contribution is 0.451. The zero-order valence-electron chi connectivity index (χ0n) is 15.4. The van der Waals surface area contributed by atoms with Gasteiger partial charge in [-0.1, -0.05) is 25.1 Å². The molecule has 1 atom stereocenters. The second-order valence-corrected chi connectivity index (χ2v) is 8.78. The first-order valence-corrected chi connectivity index (χ1v) is 10.7. The second kappa shape index (κ2) is 6.55. The number of sulfone groups is 1. The molecule has 0 saturated carbocycles. The zero-order chi connectivity index (χ0) is 20.1. The Morgan fingerprint density at radius 1 is 1.18 bits per heavy atom. The Balaban J connectivity index is 2.13. The maximum absolute atomic E-state index is 13.0. The summed E-state index contributed by atoms with van der Waals surface area (Å²) in [5.74, 6) is -0.0351. The second-order valence-electron chi connectivity index (χ2n) is 6.87. The molecule has 28 heavy (non-hydrogen) atoms. The van der Waals surface area contributed by atoms with Crippen molar-refractivity contribution in [2.75, 3.05) is 6.26 Å². The van der Waals surface area contributed by atoms with Gasteiger partial charge in [0.2, 0.25) is 15.7 Å². The van der Waals surface area contributed by atoms with Gasteiger partial charge in [0.1, 0.15) is 5.39 Å². The number of hydrogen-bond donors (Lipinski definition) is 1. The van der Waals surface area contributed by atoms with Crippen molar-refractivity contribution < 1.29 is 13.5 Å². The van der Waals surface area contributed by atoms with E-state index < -0.39 is 26.4 Å². The fourth-order valence-electron chi connectivity index (χ4n) is 3.28. The summed E-state index contributed by atoms with van der Waals surface area (Å²) >= 11 is 0. The SMILES string of the molecule is CC1CCC=CCn2c(=O)c3c(O)nc(S(C)(=O)=O)nc3n2-c2cccc1n2. The van der Waals surface area contributed by atoms with Gasteiger partial charge in [-0.05, 0) is 30.9 Å². The average Bonchev–Trinajstić information content (AvgIpc) is 2.92. The van der Waals surface area contributed by atoms with Crippen molar-refractivity contribution in [2.45, 2.75) is 37.4 Å². The maximum atomic E-state index is 13.0. The number of aromatic nitrogens is 5. The summed E-state index contributed by atoms with van der Waals surface area (Å²) in [6, 6.07) is 5.46. The molecule has 0 spiro atoms. The number of rotatable bonds is 1. The molecule has 1 aliphatic heterocycles. The zero-order valence-corrected chi connectivity index (χ0v) is 16.2. The first-order valence-electron chi connectivity index (χ1n) is 8.82. The van der Waals surface area contributed by atoms with E-state index in [1.54, 1.807) is 6.07 Å². The summed E-state index contributed by atoms with van der Waals surface area (Å²) in [5, 5.41) is 9.59. The van der Waals surface area contributed by atoms with Gasteiger partial charge in [0, 0.05) is 11.9 Å². The number of fused-ring (bicyclic) bond motifs is 6. The Morgan fingerprint density at radius 3 is 2.71 bits per heavy atom. The lowest BCUT2D eigenvalue weighted by Gasteiger charge is -2.13. The number of allylic oxidation sites excluding steroid dienone is 2. The third-order valence-electron chi connectivity index (χ3n) is 4.76. The van der Waals surface area contributed by atoms with Crippen LogP contribution in [0.15, 0.2) is 40.3 Å². The molecule has 0 amide bonds. The summed E-state index contributed by atoms with van der Waals surface area (Å²) in [5.41, 5.74) is 0.342. The van der Waals surface area contributed by atoms with Crippen LogP contribution in [0.3, 0.4) is 0 Å². The fraction of sp³-hybridized carbons (Fsp3) is 0.333. The van der Waals surface area contributed by atoms with Gasteiger partial charge in [0.05, 0.1) is 6.54 Å². The Kier molecular flexibility index (Phi) is 4.30. The average molecular weight is 401 g/mol. The standard InChI is InChI=1S/C18H19N5O4S/c1-11-7-4-3-5-10-22-17(25)14-15(20-18(21-16(14)24)28(2,26)27)23(22)13-9-6-8-12(11)19-13/h3,5-6,8-9,11H,4,7,10H2,1-2H3,(H,20,21,24). The number of hydrogen-bond acceptors (Lipinski definition) is 7. The van der Waals surface area contributed by atoms with Crippen LogP contribution in [0.1, 0.15) is 31.4 Å². The van der Waals surface area contributed by atoms with Crippen LogP contribution in [0.25, 0.3) is 16.9 Å². The molecule has 9 nitrogen and oxygen atoms in total. The Hall–Kier alpha value is -3.01. The largest absolute Gasteiger partial charge is 0.493 e. The maximum Gasteiger partial charge on any atom is 0.282 e. The van der Waals surface area contributed by atoms with Crippen molar-refractivity contribution in [2.24, 2.45) is 0 Å². The molecule has 0 saturated heterocycles. The number of pyridine rings is 1. The molecule has 4 heterocycles. The summed E-state index contributed by atoms with van der Waals surface area (Å²) < 4.78 is 26.7. The highest BCUT2D eigenvalue weighted by Crippen LogP contribution is 2.25. The van der Waals surface area contributed by atoms with Crippen LogP contribution in [0.2, 0.25) is 0 Å². The molecule has 2 bridgehead atoms. The summed E-state index contributed by atoms with van der Waals surface area (Å²) in [6.45, 7) is 2.30. The van der Waals surface area contributed by atoms with E-state index >= 15 is 0 Å². The molecule has 3 aromatic heterocycles. The van der Waals surface area contributed by atoms with Crippen LogP contribution < -0.4 is 5.56 Å². The van der Waals surface area contributed by atoms with Crippen molar-refractivity contribution in [1.82, 2.24) is 24.3 Å². The normalized spacial score (nSPS) is 17.3.